The maximum absolute atomic E-state index is 12.5. The maximum atomic E-state index is 12.5. The fourth-order valence-electron chi connectivity index (χ4n) is 1.98. The molecule has 0 aliphatic rings. The Morgan fingerprint density at radius 1 is 1.17 bits per heavy atom. The quantitative estimate of drug-likeness (QED) is 0.930. The molecule has 0 aliphatic heterocycles. The van der Waals surface area contributed by atoms with Gasteiger partial charge in [-0.05, 0) is 36.2 Å². The molecule has 0 radical (unpaired) electrons. The Bertz CT molecular complexity index is 780. The fraction of sp³-hybridized carbons (Fsp3) is 0.312. The number of anilines is 1. The van der Waals surface area contributed by atoms with Crippen molar-refractivity contribution in [3.05, 3.63) is 58.0 Å². The molecule has 128 valence electrons. The molecule has 5 nitrogen and oxygen atoms in total. The third kappa shape index (κ3) is 4.43. The summed E-state index contributed by atoms with van der Waals surface area (Å²) in [5.74, 6) is -0.435. The lowest BCUT2D eigenvalue weighted by Crippen LogP contribution is -2.27. The smallest absolute Gasteiger partial charge is 0.321 e. The predicted octanol–water partition coefficient (Wildman–Crippen LogP) is 3.17. The van der Waals surface area contributed by atoms with Gasteiger partial charge in [-0.2, -0.15) is 18.3 Å². The van der Waals surface area contributed by atoms with Crippen LogP contribution in [0, 0.1) is 5.92 Å². The molecular formula is C16H16F3N3O2. The highest BCUT2D eigenvalue weighted by Crippen LogP contribution is 2.29. The molecule has 1 heterocycles. The van der Waals surface area contributed by atoms with Gasteiger partial charge in [0.1, 0.15) is 5.69 Å². The van der Waals surface area contributed by atoms with Crippen molar-refractivity contribution >= 4 is 11.6 Å². The summed E-state index contributed by atoms with van der Waals surface area (Å²) in [7, 11) is 0. The van der Waals surface area contributed by atoms with Crippen LogP contribution >= 0.6 is 0 Å². The Morgan fingerprint density at radius 3 is 2.33 bits per heavy atom. The van der Waals surface area contributed by atoms with Gasteiger partial charge in [-0.25, -0.2) is 4.68 Å². The van der Waals surface area contributed by atoms with E-state index >= 15 is 0 Å². The molecule has 0 atom stereocenters. The van der Waals surface area contributed by atoms with Gasteiger partial charge in [0.2, 0.25) is 0 Å². The Labute approximate surface area is 136 Å². The average Bonchev–Trinajstić information content (AvgIpc) is 2.48. The van der Waals surface area contributed by atoms with Gasteiger partial charge in [-0.15, -0.1) is 0 Å². The van der Waals surface area contributed by atoms with E-state index in [1.807, 2.05) is 13.8 Å². The molecule has 0 unspecified atom stereocenters. The van der Waals surface area contributed by atoms with E-state index in [9.17, 15) is 22.8 Å². The van der Waals surface area contributed by atoms with Crippen molar-refractivity contribution in [2.75, 3.05) is 5.32 Å². The summed E-state index contributed by atoms with van der Waals surface area (Å²) in [5.41, 5.74) is -0.912. The van der Waals surface area contributed by atoms with Gasteiger partial charge in [0, 0.05) is 18.3 Å². The number of nitrogens with one attached hydrogen (secondary N) is 1. The zero-order valence-corrected chi connectivity index (χ0v) is 13.1. The highest BCUT2D eigenvalue weighted by molar-refractivity contribution is 6.02. The first-order valence-electron chi connectivity index (χ1n) is 7.23. The topological polar surface area (TPSA) is 64.0 Å². The molecule has 1 amide bonds. The minimum atomic E-state index is -4.43. The van der Waals surface area contributed by atoms with Gasteiger partial charge in [0.15, 0.2) is 0 Å². The Morgan fingerprint density at radius 2 is 1.79 bits per heavy atom. The number of hydrogen-bond donors (Lipinski definition) is 1. The number of benzene rings is 1. The van der Waals surface area contributed by atoms with Crippen molar-refractivity contribution in [3.63, 3.8) is 0 Å². The molecule has 2 aromatic rings. The molecule has 1 aromatic carbocycles. The zero-order chi connectivity index (χ0) is 17.9. The molecule has 0 fully saturated rings. The zero-order valence-electron chi connectivity index (χ0n) is 13.1. The minimum Gasteiger partial charge on any atom is -0.321 e. The third-order valence-electron chi connectivity index (χ3n) is 3.11. The second-order valence-corrected chi connectivity index (χ2v) is 5.66. The highest BCUT2D eigenvalue weighted by atomic mass is 19.4. The summed E-state index contributed by atoms with van der Waals surface area (Å²) in [5, 5.41) is 6.43. The molecule has 24 heavy (non-hydrogen) atoms. The first-order valence-corrected chi connectivity index (χ1v) is 7.23. The molecule has 0 saturated heterocycles. The SMILES string of the molecule is CC(C)Cn1nc(C(=O)Nc2ccc(C(F)(F)F)cc2)ccc1=O. The van der Waals surface area contributed by atoms with Crippen molar-refractivity contribution in [3.8, 4) is 0 Å². The lowest BCUT2D eigenvalue weighted by atomic mass is 10.2. The number of carbonyl (C=O) groups is 1. The summed E-state index contributed by atoms with van der Waals surface area (Å²) >= 11 is 0. The monoisotopic (exact) mass is 339 g/mol. The van der Waals surface area contributed by atoms with E-state index in [0.717, 1.165) is 24.3 Å². The van der Waals surface area contributed by atoms with Crippen LogP contribution in [0.3, 0.4) is 0 Å². The molecule has 1 aromatic heterocycles. The number of nitrogens with zero attached hydrogens (tertiary/aromatic N) is 2. The van der Waals surface area contributed by atoms with E-state index in [1.54, 1.807) is 0 Å². The van der Waals surface area contributed by atoms with Gasteiger partial charge in [-0.3, -0.25) is 9.59 Å². The molecule has 0 saturated carbocycles. The van der Waals surface area contributed by atoms with E-state index in [0.29, 0.717) is 6.54 Å². The minimum absolute atomic E-state index is 0.00940. The summed E-state index contributed by atoms with van der Waals surface area (Å²) in [6.45, 7) is 4.17. The Balaban J connectivity index is 2.16. The molecule has 0 aliphatic carbocycles. The molecule has 0 spiro atoms. The van der Waals surface area contributed by atoms with E-state index in [4.69, 9.17) is 0 Å². The van der Waals surface area contributed by atoms with Crippen molar-refractivity contribution in [2.24, 2.45) is 5.92 Å². The molecule has 1 N–H and O–H groups in total. The average molecular weight is 339 g/mol. The van der Waals surface area contributed by atoms with Gasteiger partial charge >= 0.3 is 6.18 Å². The van der Waals surface area contributed by atoms with Gasteiger partial charge in [0.05, 0.1) is 5.56 Å². The Hall–Kier alpha value is -2.64. The summed E-state index contributed by atoms with van der Waals surface area (Å²) in [6.07, 6.45) is -4.43. The summed E-state index contributed by atoms with van der Waals surface area (Å²) < 4.78 is 38.7. The van der Waals surface area contributed by atoms with E-state index in [2.05, 4.69) is 10.4 Å². The number of aromatic nitrogens is 2. The first-order chi connectivity index (χ1) is 11.2. The van der Waals surface area contributed by atoms with Crippen LogP contribution in [0.1, 0.15) is 29.9 Å². The van der Waals surface area contributed by atoms with Crippen LogP contribution in [0.2, 0.25) is 0 Å². The summed E-state index contributed by atoms with van der Waals surface area (Å²) in [6, 6.07) is 6.58. The standard InChI is InChI=1S/C16H16F3N3O2/c1-10(2)9-22-14(23)8-7-13(21-22)15(24)20-12-5-3-11(4-6-12)16(17,18)19/h3-8,10H,9H2,1-2H3,(H,20,24). The fourth-order valence-corrected chi connectivity index (χ4v) is 1.98. The predicted molar refractivity (Wildman–Crippen MR) is 82.7 cm³/mol. The van der Waals surface area contributed by atoms with Crippen molar-refractivity contribution in [2.45, 2.75) is 26.6 Å². The van der Waals surface area contributed by atoms with Crippen LogP contribution in [-0.4, -0.2) is 15.7 Å². The Kier molecular flexibility index (Phi) is 5.06. The summed E-state index contributed by atoms with van der Waals surface area (Å²) in [4.78, 5) is 23.8. The normalized spacial score (nSPS) is 11.6. The van der Waals surface area contributed by atoms with Crippen LogP contribution in [-0.2, 0) is 12.7 Å². The van der Waals surface area contributed by atoms with Crippen molar-refractivity contribution in [1.29, 1.82) is 0 Å². The molecule has 2 rings (SSSR count). The number of halogens is 3. The number of alkyl halides is 3. The number of rotatable bonds is 4. The number of hydrogen-bond acceptors (Lipinski definition) is 3. The van der Waals surface area contributed by atoms with Crippen molar-refractivity contribution < 1.29 is 18.0 Å². The molecule has 0 bridgehead atoms. The first kappa shape index (κ1) is 17.7. The van der Waals surface area contributed by atoms with E-state index < -0.39 is 17.6 Å². The van der Waals surface area contributed by atoms with Gasteiger partial charge in [-0.1, -0.05) is 13.8 Å². The largest absolute Gasteiger partial charge is 0.416 e. The third-order valence-corrected chi connectivity index (χ3v) is 3.11. The lowest BCUT2D eigenvalue weighted by Gasteiger charge is -2.10. The lowest BCUT2D eigenvalue weighted by molar-refractivity contribution is -0.137. The van der Waals surface area contributed by atoms with Crippen molar-refractivity contribution in [1.82, 2.24) is 9.78 Å². The van der Waals surface area contributed by atoms with Crippen LogP contribution < -0.4 is 10.9 Å². The highest BCUT2D eigenvalue weighted by Gasteiger charge is 2.30. The van der Waals surface area contributed by atoms with Gasteiger partial charge < -0.3 is 5.32 Å². The van der Waals surface area contributed by atoms with E-state index in [-0.39, 0.29) is 22.9 Å². The number of carbonyl (C=O) groups excluding carboxylic acids is 1. The van der Waals surface area contributed by atoms with Crippen LogP contribution in [0.15, 0.2) is 41.2 Å². The second-order valence-electron chi connectivity index (χ2n) is 5.66. The van der Waals surface area contributed by atoms with Crippen LogP contribution in [0.5, 0.6) is 0 Å². The van der Waals surface area contributed by atoms with Crippen LogP contribution in [0.25, 0.3) is 0 Å². The van der Waals surface area contributed by atoms with E-state index in [1.165, 1.54) is 16.8 Å². The van der Waals surface area contributed by atoms with Crippen LogP contribution in [0.4, 0.5) is 18.9 Å². The maximum Gasteiger partial charge on any atom is 0.416 e. The molecule has 8 heteroatoms. The molecular weight excluding hydrogens is 323 g/mol. The number of amides is 1. The van der Waals surface area contributed by atoms with Gasteiger partial charge in [0.25, 0.3) is 11.5 Å². The second kappa shape index (κ2) is 6.86.